The quantitative estimate of drug-likeness (QED) is 0.647. The number of fused-ring (bicyclic) bond motifs is 1. The number of allylic oxidation sites excluding steroid dienone is 1. The molecule has 3 rings (SSSR count). The van der Waals surface area contributed by atoms with Gasteiger partial charge in [0.25, 0.3) is 5.91 Å². The molecule has 88 valence electrons. The number of para-hydroxylation sites is 1. The highest BCUT2D eigenvalue weighted by Crippen LogP contribution is 2.31. The van der Waals surface area contributed by atoms with Crippen LogP contribution in [0.4, 0.5) is 5.69 Å². The Morgan fingerprint density at radius 1 is 1.17 bits per heavy atom. The molecule has 1 aromatic carbocycles. The van der Waals surface area contributed by atoms with Gasteiger partial charge in [0, 0.05) is 17.3 Å². The molecule has 0 fully saturated rings. The zero-order chi connectivity index (χ0) is 12.5. The molecule has 18 heavy (non-hydrogen) atoms. The van der Waals surface area contributed by atoms with Gasteiger partial charge in [0.05, 0.1) is 11.8 Å². The normalized spacial score (nSPS) is 15.6. The number of ketones is 1. The van der Waals surface area contributed by atoms with E-state index in [1.807, 2.05) is 12.1 Å². The molecule has 0 radical (unpaired) electrons. The molecule has 2 heterocycles. The van der Waals surface area contributed by atoms with E-state index >= 15 is 0 Å². The monoisotopic (exact) mass is 239 g/mol. The second-order valence-electron chi connectivity index (χ2n) is 3.90. The number of hydrogen-bond acceptors (Lipinski definition) is 3. The first-order chi connectivity index (χ1) is 8.75. The Hall–Kier alpha value is -2.62. The number of carbonyl (C=O) groups is 2. The maximum atomic E-state index is 11.9. The van der Waals surface area contributed by atoms with Gasteiger partial charge in [0.1, 0.15) is 0 Å². The molecular weight excluding hydrogens is 230 g/mol. The number of furan rings is 1. The highest BCUT2D eigenvalue weighted by molar-refractivity contribution is 6.34. The molecule has 0 aliphatic carbocycles. The summed E-state index contributed by atoms with van der Waals surface area (Å²) < 4.78 is 5.00. The van der Waals surface area contributed by atoms with E-state index in [2.05, 4.69) is 5.32 Å². The average molecular weight is 239 g/mol. The summed E-state index contributed by atoms with van der Waals surface area (Å²) in [5.41, 5.74) is 1.83. The molecule has 4 heteroatoms. The van der Waals surface area contributed by atoms with Crippen molar-refractivity contribution in [3.8, 4) is 0 Å². The highest BCUT2D eigenvalue weighted by atomic mass is 16.3. The molecule has 1 N–H and O–H groups in total. The summed E-state index contributed by atoms with van der Waals surface area (Å²) in [6, 6.07) is 10.5. The summed E-state index contributed by atoms with van der Waals surface area (Å²) in [4.78, 5) is 23.6. The lowest BCUT2D eigenvalue weighted by atomic mass is 10.1. The molecule has 2 aromatic rings. The van der Waals surface area contributed by atoms with Crippen molar-refractivity contribution in [1.82, 2.24) is 0 Å². The summed E-state index contributed by atoms with van der Waals surface area (Å²) in [5.74, 6) is -0.363. The summed E-state index contributed by atoms with van der Waals surface area (Å²) in [7, 11) is 0. The van der Waals surface area contributed by atoms with Gasteiger partial charge in [-0.2, -0.15) is 0 Å². The zero-order valence-electron chi connectivity index (χ0n) is 9.34. The van der Waals surface area contributed by atoms with Crippen LogP contribution in [0.3, 0.4) is 0 Å². The van der Waals surface area contributed by atoms with Gasteiger partial charge in [-0.05, 0) is 18.2 Å². The molecule has 4 nitrogen and oxygen atoms in total. The van der Waals surface area contributed by atoms with E-state index in [1.54, 1.807) is 24.3 Å². The maximum absolute atomic E-state index is 11.9. The van der Waals surface area contributed by atoms with E-state index in [0.29, 0.717) is 5.57 Å². The van der Waals surface area contributed by atoms with Crippen LogP contribution in [0.25, 0.3) is 5.57 Å². The van der Waals surface area contributed by atoms with Gasteiger partial charge in [-0.3, -0.25) is 9.59 Å². The average Bonchev–Trinajstić information content (AvgIpc) is 2.98. The Morgan fingerprint density at radius 3 is 2.78 bits per heavy atom. The third-order valence-electron chi connectivity index (χ3n) is 2.75. The number of amides is 1. The molecular formula is C14H9NO3. The summed E-state index contributed by atoms with van der Waals surface area (Å²) in [5, 5.41) is 2.71. The largest absolute Gasteiger partial charge is 0.461 e. The predicted molar refractivity (Wildman–Crippen MR) is 66.1 cm³/mol. The second kappa shape index (κ2) is 4.00. The van der Waals surface area contributed by atoms with Crippen molar-refractivity contribution >= 4 is 23.0 Å². The summed E-state index contributed by atoms with van der Waals surface area (Å²) in [6.07, 6.45) is 2.73. The minimum absolute atomic E-state index is 0.222. The van der Waals surface area contributed by atoms with Crippen molar-refractivity contribution in [2.45, 2.75) is 0 Å². The molecule has 1 aliphatic rings. The van der Waals surface area contributed by atoms with E-state index in [0.717, 1.165) is 11.3 Å². The van der Waals surface area contributed by atoms with Crippen molar-refractivity contribution in [2.75, 3.05) is 5.32 Å². The summed E-state index contributed by atoms with van der Waals surface area (Å²) in [6.45, 7) is 0. The molecule has 0 saturated heterocycles. The SMILES string of the molecule is O=C1Nc2ccccc2/C1=C\C(=O)c1ccco1. The topological polar surface area (TPSA) is 59.3 Å². The van der Waals surface area contributed by atoms with Crippen molar-refractivity contribution in [3.05, 3.63) is 60.1 Å². The molecule has 1 aromatic heterocycles. The van der Waals surface area contributed by atoms with Gasteiger partial charge in [-0.1, -0.05) is 18.2 Å². The van der Waals surface area contributed by atoms with Crippen LogP contribution in [0, 0.1) is 0 Å². The smallest absolute Gasteiger partial charge is 0.256 e. The molecule has 1 amide bonds. The minimum atomic E-state index is -0.318. The van der Waals surface area contributed by atoms with Crippen LogP contribution in [-0.2, 0) is 4.79 Å². The predicted octanol–water partition coefficient (Wildman–Crippen LogP) is 2.50. The van der Waals surface area contributed by atoms with Crippen molar-refractivity contribution in [2.24, 2.45) is 0 Å². The Balaban J connectivity index is 2.02. The molecule has 0 saturated carbocycles. The first-order valence-electron chi connectivity index (χ1n) is 5.46. The van der Waals surface area contributed by atoms with Crippen LogP contribution in [0.1, 0.15) is 16.1 Å². The lowest BCUT2D eigenvalue weighted by Gasteiger charge is -1.96. The van der Waals surface area contributed by atoms with Crippen molar-refractivity contribution < 1.29 is 14.0 Å². The number of rotatable bonds is 2. The first kappa shape index (κ1) is 10.5. The molecule has 0 unspecified atom stereocenters. The zero-order valence-corrected chi connectivity index (χ0v) is 9.34. The highest BCUT2D eigenvalue weighted by Gasteiger charge is 2.24. The number of hydrogen-bond donors (Lipinski definition) is 1. The van der Waals surface area contributed by atoms with Crippen molar-refractivity contribution in [3.63, 3.8) is 0 Å². The lowest BCUT2D eigenvalue weighted by Crippen LogP contribution is -2.05. The Morgan fingerprint density at radius 2 is 2.00 bits per heavy atom. The van der Waals surface area contributed by atoms with Gasteiger partial charge in [-0.15, -0.1) is 0 Å². The molecule has 0 spiro atoms. The van der Waals surface area contributed by atoms with Gasteiger partial charge in [0.2, 0.25) is 5.78 Å². The fourth-order valence-electron chi connectivity index (χ4n) is 1.90. The Labute approximate surface area is 103 Å². The van der Waals surface area contributed by atoms with E-state index in [4.69, 9.17) is 4.42 Å². The van der Waals surface area contributed by atoms with Crippen LogP contribution in [0.15, 0.2) is 53.2 Å². The van der Waals surface area contributed by atoms with Gasteiger partial charge in [0.15, 0.2) is 5.76 Å². The minimum Gasteiger partial charge on any atom is -0.461 e. The van der Waals surface area contributed by atoms with E-state index in [-0.39, 0.29) is 17.5 Å². The fraction of sp³-hybridized carbons (Fsp3) is 0. The van der Waals surface area contributed by atoms with Crippen LogP contribution < -0.4 is 5.32 Å². The number of carbonyl (C=O) groups excluding carboxylic acids is 2. The molecule has 0 bridgehead atoms. The maximum Gasteiger partial charge on any atom is 0.256 e. The first-order valence-corrected chi connectivity index (χ1v) is 5.46. The van der Waals surface area contributed by atoms with E-state index in [1.165, 1.54) is 12.3 Å². The van der Waals surface area contributed by atoms with Crippen LogP contribution in [0.5, 0.6) is 0 Å². The van der Waals surface area contributed by atoms with Crippen LogP contribution >= 0.6 is 0 Å². The fourth-order valence-corrected chi connectivity index (χ4v) is 1.90. The van der Waals surface area contributed by atoms with Gasteiger partial charge >= 0.3 is 0 Å². The molecule has 0 atom stereocenters. The third-order valence-corrected chi connectivity index (χ3v) is 2.75. The molecule has 1 aliphatic heterocycles. The Bertz CT molecular complexity index is 653. The van der Waals surface area contributed by atoms with E-state index < -0.39 is 0 Å². The summed E-state index contributed by atoms with van der Waals surface area (Å²) >= 11 is 0. The van der Waals surface area contributed by atoms with E-state index in [9.17, 15) is 9.59 Å². The number of benzene rings is 1. The van der Waals surface area contributed by atoms with Crippen LogP contribution in [-0.4, -0.2) is 11.7 Å². The number of anilines is 1. The van der Waals surface area contributed by atoms with Gasteiger partial charge in [-0.25, -0.2) is 0 Å². The van der Waals surface area contributed by atoms with Gasteiger partial charge < -0.3 is 9.73 Å². The third kappa shape index (κ3) is 1.64. The van der Waals surface area contributed by atoms with Crippen molar-refractivity contribution in [1.29, 1.82) is 0 Å². The van der Waals surface area contributed by atoms with Crippen LogP contribution in [0.2, 0.25) is 0 Å². The number of nitrogens with one attached hydrogen (secondary N) is 1. The second-order valence-corrected chi connectivity index (χ2v) is 3.90. The standard InChI is InChI=1S/C14H9NO3/c16-12(13-6-3-7-18-13)8-10-9-4-1-2-5-11(9)15-14(10)17/h1-8H,(H,15,17)/b10-8+. The lowest BCUT2D eigenvalue weighted by molar-refractivity contribution is -0.110. The Kier molecular flexibility index (Phi) is 2.34.